The van der Waals surface area contributed by atoms with Crippen molar-refractivity contribution in [1.82, 2.24) is 0 Å². The van der Waals surface area contributed by atoms with Crippen LogP contribution < -0.4 is 0 Å². The summed E-state index contributed by atoms with van der Waals surface area (Å²) in [4.78, 5) is 24.8. The molecule has 1 heterocycles. The van der Waals surface area contributed by atoms with E-state index in [2.05, 4.69) is 0 Å². The van der Waals surface area contributed by atoms with Crippen LogP contribution in [0.1, 0.15) is 34.1 Å². The highest BCUT2D eigenvalue weighted by atomic mass is 16.8. The molecule has 2 bridgehead atoms. The van der Waals surface area contributed by atoms with Crippen molar-refractivity contribution >= 4 is 11.9 Å². The van der Waals surface area contributed by atoms with Crippen molar-refractivity contribution in [2.24, 2.45) is 23.7 Å². The number of hydrogen-bond acceptors (Lipinski definition) is 6. The molecular weight excluding hydrogens is 288 g/mol. The summed E-state index contributed by atoms with van der Waals surface area (Å²) in [5.74, 6) is -2.35. The summed E-state index contributed by atoms with van der Waals surface area (Å²) in [7, 11) is 0. The first kappa shape index (κ1) is 15.7. The molecule has 2 aliphatic carbocycles. The van der Waals surface area contributed by atoms with E-state index < -0.39 is 17.6 Å². The van der Waals surface area contributed by atoms with E-state index in [9.17, 15) is 9.59 Å². The fourth-order valence-electron chi connectivity index (χ4n) is 4.42. The summed E-state index contributed by atoms with van der Waals surface area (Å²) in [6.45, 7) is 7.88. The average Bonchev–Trinajstić information content (AvgIpc) is 3.05. The van der Waals surface area contributed by atoms with Gasteiger partial charge in [0.15, 0.2) is 5.79 Å². The summed E-state index contributed by atoms with van der Waals surface area (Å²) in [6, 6.07) is 0. The zero-order chi connectivity index (χ0) is 16.1. The zero-order valence-corrected chi connectivity index (χ0v) is 13.5. The SMILES string of the molecule is CCOC(=O)[C@@H]1[C@@H]2C[C@@H]([C@H]3OC(C)(C)O[C@@H]23)[C@H]1C(=O)OCC. The van der Waals surface area contributed by atoms with Crippen molar-refractivity contribution in [3.05, 3.63) is 0 Å². The summed E-state index contributed by atoms with van der Waals surface area (Å²) >= 11 is 0. The fourth-order valence-corrected chi connectivity index (χ4v) is 4.42. The number of fused-ring (bicyclic) bond motifs is 5. The summed E-state index contributed by atoms with van der Waals surface area (Å²) in [5, 5.41) is 0. The van der Waals surface area contributed by atoms with Crippen LogP contribution in [0.3, 0.4) is 0 Å². The number of carbonyl (C=O) groups is 2. The lowest BCUT2D eigenvalue weighted by Crippen LogP contribution is -2.47. The molecule has 0 radical (unpaired) electrons. The Morgan fingerprint density at radius 2 is 1.36 bits per heavy atom. The molecule has 3 fully saturated rings. The van der Waals surface area contributed by atoms with Crippen LogP contribution >= 0.6 is 0 Å². The molecule has 0 unspecified atom stereocenters. The highest BCUT2D eigenvalue weighted by molar-refractivity contribution is 5.84. The van der Waals surface area contributed by atoms with Gasteiger partial charge in [-0.05, 0) is 34.1 Å². The molecule has 0 amide bonds. The minimum absolute atomic E-state index is 0.0368. The van der Waals surface area contributed by atoms with Crippen molar-refractivity contribution < 1.29 is 28.5 Å². The topological polar surface area (TPSA) is 71.1 Å². The van der Waals surface area contributed by atoms with Crippen LogP contribution in [0.4, 0.5) is 0 Å². The van der Waals surface area contributed by atoms with Crippen LogP contribution in [0, 0.1) is 23.7 Å². The normalized spacial score (nSPS) is 41.3. The third kappa shape index (κ3) is 2.33. The van der Waals surface area contributed by atoms with E-state index in [1.807, 2.05) is 13.8 Å². The van der Waals surface area contributed by atoms with E-state index >= 15 is 0 Å². The second kappa shape index (κ2) is 5.49. The molecule has 0 aromatic heterocycles. The minimum Gasteiger partial charge on any atom is -0.466 e. The molecule has 6 atom stereocenters. The largest absolute Gasteiger partial charge is 0.466 e. The lowest BCUT2D eigenvalue weighted by atomic mass is 9.76. The standard InChI is InChI=1S/C16H24O6/c1-5-19-14(17)10-8-7-9(11(10)15(18)20-6-2)13-12(8)21-16(3,4)22-13/h8-13H,5-7H2,1-4H3/t8-,9+,10-,11-,12-,13+/m1/s1. The monoisotopic (exact) mass is 312 g/mol. The lowest BCUT2D eigenvalue weighted by molar-refractivity contribution is -0.166. The second-order valence-electron chi connectivity index (χ2n) is 6.68. The van der Waals surface area contributed by atoms with E-state index in [4.69, 9.17) is 18.9 Å². The fraction of sp³-hybridized carbons (Fsp3) is 0.875. The van der Waals surface area contributed by atoms with Gasteiger partial charge in [0, 0.05) is 11.8 Å². The highest BCUT2D eigenvalue weighted by Gasteiger charge is 2.68. The van der Waals surface area contributed by atoms with Crippen LogP contribution in [-0.4, -0.2) is 43.1 Å². The van der Waals surface area contributed by atoms with Gasteiger partial charge in [0.25, 0.3) is 0 Å². The van der Waals surface area contributed by atoms with Crippen molar-refractivity contribution in [3.8, 4) is 0 Å². The van der Waals surface area contributed by atoms with Gasteiger partial charge in [-0.25, -0.2) is 0 Å². The van der Waals surface area contributed by atoms with Crippen molar-refractivity contribution in [2.75, 3.05) is 13.2 Å². The van der Waals surface area contributed by atoms with Gasteiger partial charge in [-0.1, -0.05) is 0 Å². The van der Waals surface area contributed by atoms with Crippen LogP contribution in [0.15, 0.2) is 0 Å². The van der Waals surface area contributed by atoms with Gasteiger partial charge in [0.05, 0.1) is 37.3 Å². The summed E-state index contributed by atoms with van der Waals surface area (Å²) in [5.41, 5.74) is 0. The minimum atomic E-state index is -0.672. The van der Waals surface area contributed by atoms with Gasteiger partial charge >= 0.3 is 11.9 Å². The Hall–Kier alpha value is -1.14. The Bertz CT molecular complexity index is 433. The molecule has 22 heavy (non-hydrogen) atoms. The molecule has 1 saturated heterocycles. The zero-order valence-electron chi connectivity index (χ0n) is 13.5. The van der Waals surface area contributed by atoms with Gasteiger partial charge in [-0.2, -0.15) is 0 Å². The molecule has 6 heteroatoms. The molecule has 2 saturated carbocycles. The number of hydrogen-bond donors (Lipinski definition) is 0. The maximum Gasteiger partial charge on any atom is 0.310 e. The third-order valence-electron chi connectivity index (χ3n) is 4.98. The van der Waals surface area contributed by atoms with E-state index in [0.29, 0.717) is 13.2 Å². The first-order chi connectivity index (χ1) is 10.4. The maximum absolute atomic E-state index is 12.4. The molecule has 6 nitrogen and oxygen atoms in total. The Morgan fingerprint density at radius 1 is 0.955 bits per heavy atom. The summed E-state index contributed by atoms with van der Waals surface area (Å²) in [6.07, 6.45) is 0.471. The van der Waals surface area contributed by atoms with Crippen molar-refractivity contribution in [1.29, 1.82) is 0 Å². The molecule has 3 aliphatic rings. The average molecular weight is 312 g/mol. The van der Waals surface area contributed by atoms with Crippen molar-refractivity contribution in [3.63, 3.8) is 0 Å². The number of ether oxygens (including phenoxy) is 4. The smallest absolute Gasteiger partial charge is 0.310 e. The highest BCUT2D eigenvalue weighted by Crippen LogP contribution is 2.58. The Morgan fingerprint density at radius 3 is 1.73 bits per heavy atom. The molecule has 0 aromatic carbocycles. The maximum atomic E-state index is 12.4. The second-order valence-corrected chi connectivity index (χ2v) is 6.68. The first-order valence-electron chi connectivity index (χ1n) is 8.08. The van der Waals surface area contributed by atoms with E-state index in [1.165, 1.54) is 0 Å². The van der Waals surface area contributed by atoms with E-state index in [-0.39, 0.29) is 36.0 Å². The first-order valence-corrected chi connectivity index (χ1v) is 8.08. The van der Waals surface area contributed by atoms with Gasteiger partial charge in [-0.15, -0.1) is 0 Å². The van der Waals surface area contributed by atoms with E-state index in [1.54, 1.807) is 13.8 Å². The summed E-state index contributed by atoms with van der Waals surface area (Å²) < 4.78 is 22.3. The van der Waals surface area contributed by atoms with Crippen LogP contribution in [0.2, 0.25) is 0 Å². The molecule has 3 rings (SSSR count). The molecular formula is C16H24O6. The molecule has 0 aromatic rings. The molecule has 0 N–H and O–H groups in total. The Labute approximate surface area is 130 Å². The van der Waals surface area contributed by atoms with Crippen molar-refractivity contribution in [2.45, 2.75) is 52.1 Å². The van der Waals surface area contributed by atoms with Crippen LogP contribution in [0.5, 0.6) is 0 Å². The van der Waals surface area contributed by atoms with Crippen LogP contribution in [0.25, 0.3) is 0 Å². The molecule has 124 valence electrons. The number of carbonyl (C=O) groups excluding carboxylic acids is 2. The Kier molecular flexibility index (Phi) is 3.93. The molecule has 0 spiro atoms. The predicted molar refractivity (Wildman–Crippen MR) is 75.7 cm³/mol. The molecule has 1 aliphatic heterocycles. The van der Waals surface area contributed by atoms with E-state index in [0.717, 1.165) is 6.42 Å². The lowest BCUT2D eigenvalue weighted by Gasteiger charge is -2.33. The van der Waals surface area contributed by atoms with Crippen LogP contribution in [-0.2, 0) is 28.5 Å². The van der Waals surface area contributed by atoms with Gasteiger partial charge in [0.1, 0.15) is 0 Å². The Balaban J connectivity index is 1.88. The van der Waals surface area contributed by atoms with Gasteiger partial charge < -0.3 is 18.9 Å². The quantitative estimate of drug-likeness (QED) is 0.733. The van der Waals surface area contributed by atoms with Gasteiger partial charge in [0.2, 0.25) is 0 Å². The third-order valence-corrected chi connectivity index (χ3v) is 4.98. The predicted octanol–water partition coefficient (Wildman–Crippen LogP) is 1.51. The number of rotatable bonds is 4. The van der Waals surface area contributed by atoms with Gasteiger partial charge in [-0.3, -0.25) is 9.59 Å². The number of esters is 2.